The molecule has 0 unspecified atom stereocenters. The van der Waals surface area contributed by atoms with E-state index >= 15 is 0 Å². The minimum Gasteiger partial charge on any atom is -0.439 e. The second-order valence-electron chi connectivity index (χ2n) is 7.86. The van der Waals surface area contributed by atoms with E-state index in [-0.39, 0.29) is 11.7 Å². The molecule has 0 atom stereocenters. The lowest BCUT2D eigenvalue weighted by Crippen LogP contribution is -1.97. The van der Waals surface area contributed by atoms with Gasteiger partial charge < -0.3 is 4.74 Å². The Balaban J connectivity index is 1.48. The highest BCUT2D eigenvalue weighted by atomic mass is 19.1. The van der Waals surface area contributed by atoms with Crippen molar-refractivity contribution in [3.63, 3.8) is 0 Å². The fourth-order valence-corrected chi connectivity index (χ4v) is 4.20. The number of para-hydroxylation sites is 1. The fraction of sp³-hybridized carbons (Fsp3) is 0. The molecular formula is C28H17F2N3O. The number of ether oxygens (including phenoxy) is 1. The molecule has 3 aromatic carbocycles. The van der Waals surface area contributed by atoms with Gasteiger partial charge in [-0.05, 0) is 53.6 Å². The quantitative estimate of drug-likeness (QED) is 0.283. The number of halogens is 2. The van der Waals surface area contributed by atoms with Crippen LogP contribution in [0.4, 0.5) is 8.78 Å². The van der Waals surface area contributed by atoms with Crippen LogP contribution >= 0.6 is 0 Å². The molecule has 0 saturated heterocycles. The summed E-state index contributed by atoms with van der Waals surface area (Å²) in [6.45, 7) is 0. The van der Waals surface area contributed by atoms with Gasteiger partial charge in [0.2, 0.25) is 5.88 Å². The Kier molecular flexibility index (Phi) is 4.77. The molecule has 0 radical (unpaired) electrons. The lowest BCUT2D eigenvalue weighted by molar-refractivity contribution is 0.457. The summed E-state index contributed by atoms with van der Waals surface area (Å²) in [4.78, 5) is 8.38. The Bertz CT molecular complexity index is 1660. The maximum atomic E-state index is 13.5. The van der Waals surface area contributed by atoms with Crippen LogP contribution in [0.15, 0.2) is 103 Å². The molecule has 3 heterocycles. The van der Waals surface area contributed by atoms with E-state index in [1.165, 1.54) is 30.6 Å². The molecule has 0 amide bonds. The zero-order valence-corrected chi connectivity index (χ0v) is 17.8. The Morgan fingerprint density at radius 1 is 0.647 bits per heavy atom. The van der Waals surface area contributed by atoms with Crippen molar-refractivity contribution < 1.29 is 13.5 Å². The standard InChI is InChI=1S/C28H17F2N3O/c29-20-12-13-31-28(16-20)34-22-5-3-4-18(14-22)19-8-10-24-23-6-1-2-7-25(23)33(26(24)15-19)27-11-9-21(30)17-32-27/h1-17H. The Labute approximate surface area is 193 Å². The molecule has 4 nitrogen and oxygen atoms in total. The van der Waals surface area contributed by atoms with Crippen molar-refractivity contribution in [1.82, 2.24) is 14.5 Å². The van der Waals surface area contributed by atoms with E-state index in [0.29, 0.717) is 11.6 Å². The van der Waals surface area contributed by atoms with Crippen LogP contribution in [-0.4, -0.2) is 14.5 Å². The van der Waals surface area contributed by atoms with E-state index in [4.69, 9.17) is 4.74 Å². The molecule has 0 spiro atoms. The highest BCUT2D eigenvalue weighted by Gasteiger charge is 2.14. The molecule has 0 saturated carbocycles. The van der Waals surface area contributed by atoms with E-state index in [0.717, 1.165) is 32.9 Å². The molecule has 0 aliphatic carbocycles. The molecule has 6 aromatic rings. The maximum absolute atomic E-state index is 13.5. The number of benzene rings is 3. The van der Waals surface area contributed by atoms with Crippen LogP contribution in [-0.2, 0) is 0 Å². The third kappa shape index (κ3) is 3.55. The molecule has 6 rings (SSSR count). The van der Waals surface area contributed by atoms with E-state index in [2.05, 4.69) is 34.2 Å². The normalized spacial score (nSPS) is 11.2. The number of pyridine rings is 2. The van der Waals surface area contributed by atoms with Gasteiger partial charge in [-0.15, -0.1) is 0 Å². The zero-order chi connectivity index (χ0) is 23.1. The maximum Gasteiger partial charge on any atom is 0.222 e. The monoisotopic (exact) mass is 449 g/mol. The van der Waals surface area contributed by atoms with Crippen LogP contribution in [0.25, 0.3) is 38.8 Å². The van der Waals surface area contributed by atoms with Crippen molar-refractivity contribution in [1.29, 1.82) is 0 Å². The molecule has 164 valence electrons. The SMILES string of the molecule is Fc1ccc(-n2c3ccccc3c3ccc(-c4cccc(Oc5cc(F)ccn5)c4)cc32)nc1. The fourth-order valence-electron chi connectivity index (χ4n) is 4.20. The first-order chi connectivity index (χ1) is 16.7. The predicted molar refractivity (Wildman–Crippen MR) is 128 cm³/mol. The third-order valence-electron chi connectivity index (χ3n) is 5.70. The number of rotatable bonds is 4. The smallest absolute Gasteiger partial charge is 0.222 e. The number of hydrogen-bond acceptors (Lipinski definition) is 3. The first kappa shape index (κ1) is 20.1. The van der Waals surface area contributed by atoms with Gasteiger partial charge in [-0.3, -0.25) is 4.57 Å². The molecule has 34 heavy (non-hydrogen) atoms. The molecule has 0 aliphatic heterocycles. The van der Waals surface area contributed by atoms with E-state index in [1.807, 2.05) is 41.0 Å². The predicted octanol–water partition coefficient (Wildman–Crippen LogP) is 7.31. The summed E-state index contributed by atoms with van der Waals surface area (Å²) < 4.78 is 34.8. The van der Waals surface area contributed by atoms with Crippen LogP contribution < -0.4 is 4.74 Å². The summed E-state index contributed by atoms with van der Waals surface area (Å²) in [5.74, 6) is 0.592. The summed E-state index contributed by atoms with van der Waals surface area (Å²) in [6.07, 6.45) is 2.59. The lowest BCUT2D eigenvalue weighted by atomic mass is 10.0. The number of aromatic nitrogens is 3. The molecule has 0 bridgehead atoms. The second-order valence-corrected chi connectivity index (χ2v) is 7.86. The van der Waals surface area contributed by atoms with Gasteiger partial charge in [0, 0.05) is 23.0 Å². The van der Waals surface area contributed by atoms with Crippen LogP contribution in [0.2, 0.25) is 0 Å². The minimum atomic E-state index is -0.408. The van der Waals surface area contributed by atoms with Crippen molar-refractivity contribution in [2.45, 2.75) is 0 Å². The second kappa shape index (κ2) is 8.08. The summed E-state index contributed by atoms with van der Waals surface area (Å²) in [5.41, 5.74) is 3.84. The topological polar surface area (TPSA) is 39.9 Å². The van der Waals surface area contributed by atoms with Gasteiger partial charge in [0.05, 0.1) is 17.2 Å². The molecule has 3 aromatic heterocycles. The first-order valence-corrected chi connectivity index (χ1v) is 10.7. The van der Waals surface area contributed by atoms with Crippen molar-refractivity contribution in [2.24, 2.45) is 0 Å². The van der Waals surface area contributed by atoms with Crippen LogP contribution in [0.1, 0.15) is 0 Å². The number of nitrogens with zero attached hydrogens (tertiary/aromatic N) is 3. The Morgan fingerprint density at radius 3 is 2.35 bits per heavy atom. The Hall–Kier alpha value is -4.58. The number of fused-ring (bicyclic) bond motifs is 3. The van der Waals surface area contributed by atoms with Crippen molar-refractivity contribution in [3.8, 4) is 28.6 Å². The molecule has 0 aliphatic rings. The third-order valence-corrected chi connectivity index (χ3v) is 5.70. The van der Waals surface area contributed by atoms with Gasteiger partial charge in [0.15, 0.2) is 0 Å². The van der Waals surface area contributed by atoms with E-state index in [1.54, 1.807) is 12.1 Å². The van der Waals surface area contributed by atoms with Crippen LogP contribution in [0.3, 0.4) is 0 Å². The number of hydrogen-bond donors (Lipinski definition) is 0. The molecule has 6 heteroatoms. The van der Waals surface area contributed by atoms with Crippen LogP contribution in [0.5, 0.6) is 11.6 Å². The average molecular weight is 449 g/mol. The van der Waals surface area contributed by atoms with Crippen molar-refractivity contribution >= 4 is 21.8 Å². The molecule has 0 N–H and O–H groups in total. The van der Waals surface area contributed by atoms with Gasteiger partial charge in [0.25, 0.3) is 0 Å². The summed E-state index contributed by atoms with van der Waals surface area (Å²) >= 11 is 0. The van der Waals surface area contributed by atoms with E-state index < -0.39 is 5.82 Å². The van der Waals surface area contributed by atoms with Crippen molar-refractivity contribution in [2.75, 3.05) is 0 Å². The minimum absolute atomic E-state index is 0.190. The molecule has 0 fully saturated rings. The van der Waals surface area contributed by atoms with E-state index in [9.17, 15) is 8.78 Å². The lowest BCUT2D eigenvalue weighted by Gasteiger charge is -2.09. The first-order valence-electron chi connectivity index (χ1n) is 10.7. The van der Waals surface area contributed by atoms with Crippen molar-refractivity contribution in [3.05, 3.63) is 115 Å². The highest BCUT2D eigenvalue weighted by molar-refractivity contribution is 6.10. The largest absolute Gasteiger partial charge is 0.439 e. The van der Waals surface area contributed by atoms with Gasteiger partial charge >= 0.3 is 0 Å². The molecular weight excluding hydrogens is 432 g/mol. The Morgan fingerprint density at radius 2 is 1.50 bits per heavy atom. The summed E-state index contributed by atoms with van der Waals surface area (Å²) in [6, 6.07) is 27.4. The van der Waals surface area contributed by atoms with Gasteiger partial charge in [-0.1, -0.05) is 42.5 Å². The average Bonchev–Trinajstić information content (AvgIpc) is 3.18. The zero-order valence-electron chi connectivity index (χ0n) is 17.8. The summed E-state index contributed by atoms with van der Waals surface area (Å²) in [5, 5.41) is 2.16. The summed E-state index contributed by atoms with van der Waals surface area (Å²) in [7, 11) is 0. The van der Waals surface area contributed by atoms with Gasteiger partial charge in [-0.25, -0.2) is 18.7 Å². The van der Waals surface area contributed by atoms with Gasteiger partial charge in [-0.2, -0.15) is 0 Å². The van der Waals surface area contributed by atoms with Crippen LogP contribution in [0, 0.1) is 11.6 Å². The highest BCUT2D eigenvalue weighted by Crippen LogP contribution is 2.35. The van der Waals surface area contributed by atoms with Gasteiger partial charge in [0.1, 0.15) is 23.2 Å².